The number of fused-ring (bicyclic) bond motifs is 10. The van der Waals surface area contributed by atoms with Gasteiger partial charge in [-0.15, -0.1) is 0 Å². The minimum absolute atomic E-state index is 0.834. The average Bonchev–Trinajstić information content (AvgIpc) is 3.80. The predicted molar refractivity (Wildman–Crippen MR) is 222 cm³/mol. The normalized spacial score (nSPS) is 11.8. The van der Waals surface area contributed by atoms with Crippen molar-refractivity contribution in [2.75, 3.05) is 4.90 Å². The fraction of sp³-hybridized carbons (Fsp3) is 0. The van der Waals surface area contributed by atoms with E-state index in [-0.39, 0.29) is 0 Å². The maximum Gasteiger partial charge on any atom is 0.143 e. The van der Waals surface area contributed by atoms with Crippen molar-refractivity contribution in [2.24, 2.45) is 0 Å². The number of nitrogens with zero attached hydrogens (tertiary/aromatic N) is 1. The average molecular weight is 678 g/mol. The lowest BCUT2D eigenvalue weighted by Crippen LogP contribution is -2.10. The first-order valence-electron chi connectivity index (χ1n) is 18.0. The van der Waals surface area contributed by atoms with E-state index in [1.165, 1.54) is 32.7 Å². The summed E-state index contributed by atoms with van der Waals surface area (Å²) in [7, 11) is 0. The van der Waals surface area contributed by atoms with Crippen LogP contribution in [0.15, 0.2) is 197 Å². The van der Waals surface area contributed by atoms with Gasteiger partial charge in [0.15, 0.2) is 0 Å². The van der Waals surface area contributed by atoms with Crippen LogP contribution in [-0.4, -0.2) is 0 Å². The van der Waals surface area contributed by atoms with E-state index >= 15 is 0 Å². The molecule has 0 amide bonds. The van der Waals surface area contributed by atoms with Crippen LogP contribution < -0.4 is 4.90 Å². The lowest BCUT2D eigenvalue weighted by Gasteiger charge is -2.26. The molecule has 0 bridgehead atoms. The van der Waals surface area contributed by atoms with E-state index in [4.69, 9.17) is 8.83 Å². The summed E-state index contributed by atoms with van der Waals surface area (Å²) in [5.41, 5.74) is 11.1. The monoisotopic (exact) mass is 677 g/mol. The van der Waals surface area contributed by atoms with Crippen LogP contribution in [0.2, 0.25) is 0 Å². The van der Waals surface area contributed by atoms with Gasteiger partial charge in [0.2, 0.25) is 0 Å². The molecule has 11 aromatic rings. The molecule has 9 aromatic carbocycles. The lowest BCUT2D eigenvalue weighted by atomic mass is 9.91. The molecular formula is C50H31NO2. The molecule has 11 rings (SSSR count). The first kappa shape index (κ1) is 29.6. The number of anilines is 3. The Hall–Kier alpha value is -7.10. The van der Waals surface area contributed by atoms with E-state index in [1.807, 2.05) is 18.2 Å². The molecule has 0 radical (unpaired) electrons. The predicted octanol–water partition coefficient (Wildman–Crippen LogP) is 14.6. The molecule has 0 saturated heterocycles. The summed E-state index contributed by atoms with van der Waals surface area (Å²) in [5.74, 6) is 0. The Kier molecular flexibility index (Phi) is 6.55. The highest BCUT2D eigenvalue weighted by atomic mass is 16.3. The van der Waals surface area contributed by atoms with Gasteiger partial charge in [0.05, 0.1) is 0 Å². The zero-order valence-corrected chi connectivity index (χ0v) is 28.7. The van der Waals surface area contributed by atoms with Crippen LogP contribution in [0.3, 0.4) is 0 Å². The molecule has 0 spiro atoms. The fourth-order valence-electron chi connectivity index (χ4n) is 8.23. The van der Waals surface area contributed by atoms with Crippen molar-refractivity contribution >= 4 is 82.5 Å². The van der Waals surface area contributed by atoms with Gasteiger partial charge in [-0.2, -0.15) is 0 Å². The number of hydrogen-bond donors (Lipinski definition) is 0. The van der Waals surface area contributed by atoms with Crippen LogP contribution in [0.25, 0.3) is 87.7 Å². The van der Waals surface area contributed by atoms with E-state index in [1.54, 1.807) is 0 Å². The highest BCUT2D eigenvalue weighted by Gasteiger charge is 2.23. The SMILES string of the molecule is c1ccc(-c2ccc(N(c3ccccc3)c3cc(-c4cc5ccccc5c5ccccc45)c4oc5ccc6oc7ccccc7c6c5c4c3)cc2)cc1. The fourth-order valence-corrected chi connectivity index (χ4v) is 8.23. The van der Waals surface area contributed by atoms with E-state index in [0.717, 1.165) is 72.1 Å². The second-order valence-corrected chi connectivity index (χ2v) is 13.7. The summed E-state index contributed by atoms with van der Waals surface area (Å²) in [5, 5.41) is 9.08. The minimum atomic E-state index is 0.834. The third-order valence-electron chi connectivity index (χ3n) is 10.6. The van der Waals surface area contributed by atoms with E-state index < -0.39 is 0 Å². The molecule has 0 unspecified atom stereocenters. The van der Waals surface area contributed by atoms with Gasteiger partial charge < -0.3 is 13.7 Å². The molecular weight excluding hydrogens is 647 g/mol. The first-order valence-corrected chi connectivity index (χ1v) is 18.0. The van der Waals surface area contributed by atoms with Crippen molar-refractivity contribution in [2.45, 2.75) is 0 Å². The second kappa shape index (κ2) is 11.7. The molecule has 2 heterocycles. The number of benzene rings is 9. The molecule has 53 heavy (non-hydrogen) atoms. The van der Waals surface area contributed by atoms with E-state index in [2.05, 4.69) is 175 Å². The largest absolute Gasteiger partial charge is 0.456 e. The summed E-state index contributed by atoms with van der Waals surface area (Å²) in [4.78, 5) is 2.35. The molecule has 248 valence electrons. The van der Waals surface area contributed by atoms with Gasteiger partial charge in [-0.05, 0) is 98.9 Å². The van der Waals surface area contributed by atoms with E-state index in [9.17, 15) is 0 Å². The van der Waals surface area contributed by atoms with Crippen molar-refractivity contribution in [3.8, 4) is 22.3 Å². The van der Waals surface area contributed by atoms with Crippen LogP contribution in [0.5, 0.6) is 0 Å². The van der Waals surface area contributed by atoms with Crippen LogP contribution in [0, 0.1) is 0 Å². The molecule has 3 heteroatoms. The van der Waals surface area contributed by atoms with Gasteiger partial charge in [-0.3, -0.25) is 0 Å². The molecule has 3 nitrogen and oxygen atoms in total. The van der Waals surface area contributed by atoms with Crippen LogP contribution in [0.1, 0.15) is 0 Å². The third kappa shape index (κ3) is 4.68. The molecule has 0 aliphatic carbocycles. The maximum absolute atomic E-state index is 6.98. The van der Waals surface area contributed by atoms with Gasteiger partial charge >= 0.3 is 0 Å². The van der Waals surface area contributed by atoms with Gasteiger partial charge in [-0.1, -0.05) is 127 Å². The van der Waals surface area contributed by atoms with Crippen LogP contribution >= 0.6 is 0 Å². The number of hydrogen-bond acceptors (Lipinski definition) is 3. The number of para-hydroxylation sites is 2. The van der Waals surface area contributed by atoms with E-state index in [0.29, 0.717) is 0 Å². The molecule has 0 atom stereocenters. The molecule has 0 aliphatic rings. The summed E-state index contributed by atoms with van der Waals surface area (Å²) in [6, 6.07) is 66.7. The Bertz CT molecular complexity index is 3160. The molecule has 2 aromatic heterocycles. The zero-order chi connectivity index (χ0) is 34.9. The van der Waals surface area contributed by atoms with Crippen LogP contribution in [0.4, 0.5) is 17.1 Å². The number of furan rings is 2. The van der Waals surface area contributed by atoms with Gasteiger partial charge in [0.25, 0.3) is 0 Å². The highest BCUT2D eigenvalue weighted by Crippen LogP contribution is 2.48. The van der Waals surface area contributed by atoms with Crippen molar-refractivity contribution in [3.05, 3.63) is 188 Å². The summed E-state index contributed by atoms with van der Waals surface area (Å²) < 4.78 is 13.4. The topological polar surface area (TPSA) is 29.5 Å². The maximum atomic E-state index is 6.98. The minimum Gasteiger partial charge on any atom is -0.456 e. The Morgan fingerprint density at radius 1 is 0.321 bits per heavy atom. The van der Waals surface area contributed by atoms with Gasteiger partial charge in [0.1, 0.15) is 22.3 Å². The Balaban J connectivity index is 1.26. The quantitative estimate of drug-likeness (QED) is 0.170. The molecule has 0 saturated carbocycles. The molecule has 0 fully saturated rings. The van der Waals surface area contributed by atoms with Gasteiger partial charge in [-0.25, -0.2) is 0 Å². The lowest BCUT2D eigenvalue weighted by molar-refractivity contribution is 0.663. The third-order valence-corrected chi connectivity index (χ3v) is 10.6. The highest BCUT2D eigenvalue weighted by molar-refractivity contribution is 6.28. The Morgan fingerprint density at radius 2 is 0.906 bits per heavy atom. The Labute approximate surface area is 305 Å². The zero-order valence-electron chi connectivity index (χ0n) is 28.7. The number of rotatable bonds is 5. The van der Waals surface area contributed by atoms with Crippen molar-refractivity contribution < 1.29 is 8.83 Å². The molecule has 0 N–H and O–H groups in total. The smallest absolute Gasteiger partial charge is 0.143 e. The standard InChI is InChI=1S/C50H31NO2/c1-3-13-32(14-4-1)33-23-25-36(26-24-33)51(35-16-5-2-6-17-35)37-30-43(42-29-34-15-7-8-18-38(34)39-19-9-10-20-40(39)42)50-44(31-37)49-47(53-50)28-27-46-48(49)41-21-11-12-22-45(41)52-46/h1-31H. The summed E-state index contributed by atoms with van der Waals surface area (Å²) in [6.45, 7) is 0. The van der Waals surface area contributed by atoms with Crippen molar-refractivity contribution in [3.63, 3.8) is 0 Å². The second-order valence-electron chi connectivity index (χ2n) is 13.7. The van der Waals surface area contributed by atoms with Crippen molar-refractivity contribution in [1.29, 1.82) is 0 Å². The summed E-state index contributed by atoms with van der Waals surface area (Å²) >= 11 is 0. The molecule has 0 aliphatic heterocycles. The summed E-state index contributed by atoms with van der Waals surface area (Å²) in [6.07, 6.45) is 0. The van der Waals surface area contributed by atoms with Crippen LogP contribution in [-0.2, 0) is 0 Å². The first-order chi connectivity index (χ1) is 26.3. The van der Waals surface area contributed by atoms with Gasteiger partial charge in [0, 0.05) is 44.2 Å². The van der Waals surface area contributed by atoms with Crippen molar-refractivity contribution in [1.82, 2.24) is 0 Å². The Morgan fingerprint density at radius 3 is 1.70 bits per heavy atom.